The molecule has 1 heterocycles. The SMILES string of the molecule is CN(Cc1ccccc1O)C(=O)Nc1ccc(N2CCCC2=O)cc1. The van der Waals surface area contributed by atoms with E-state index in [1.807, 2.05) is 18.2 Å². The van der Waals surface area contributed by atoms with Crippen molar-refractivity contribution in [2.75, 3.05) is 23.8 Å². The van der Waals surface area contributed by atoms with Crippen molar-refractivity contribution in [1.82, 2.24) is 4.90 Å². The number of hydrogen-bond acceptors (Lipinski definition) is 3. The van der Waals surface area contributed by atoms with Crippen LogP contribution in [0.25, 0.3) is 0 Å². The average Bonchev–Trinajstić information content (AvgIpc) is 3.03. The number of amides is 3. The lowest BCUT2D eigenvalue weighted by atomic mass is 10.2. The summed E-state index contributed by atoms with van der Waals surface area (Å²) in [6.45, 7) is 1.05. The lowest BCUT2D eigenvalue weighted by Crippen LogP contribution is -2.30. The molecule has 3 amide bonds. The summed E-state index contributed by atoms with van der Waals surface area (Å²) in [6.07, 6.45) is 1.48. The van der Waals surface area contributed by atoms with E-state index in [0.717, 1.165) is 18.7 Å². The van der Waals surface area contributed by atoms with Crippen LogP contribution in [0.2, 0.25) is 0 Å². The maximum absolute atomic E-state index is 12.3. The third-order valence-electron chi connectivity index (χ3n) is 4.25. The molecule has 0 bridgehead atoms. The average molecular weight is 339 g/mol. The second-order valence-corrected chi connectivity index (χ2v) is 6.11. The summed E-state index contributed by atoms with van der Waals surface area (Å²) in [5.41, 5.74) is 2.19. The number of aromatic hydroxyl groups is 1. The zero-order chi connectivity index (χ0) is 17.8. The van der Waals surface area contributed by atoms with Gasteiger partial charge >= 0.3 is 6.03 Å². The molecule has 1 saturated heterocycles. The van der Waals surface area contributed by atoms with E-state index in [9.17, 15) is 14.7 Å². The van der Waals surface area contributed by atoms with Crippen LogP contribution in [0.15, 0.2) is 48.5 Å². The summed E-state index contributed by atoms with van der Waals surface area (Å²) in [5, 5.41) is 12.6. The Kier molecular flexibility index (Phi) is 4.88. The number of carbonyl (C=O) groups excluding carboxylic acids is 2. The van der Waals surface area contributed by atoms with Gasteiger partial charge in [0.2, 0.25) is 5.91 Å². The van der Waals surface area contributed by atoms with Gasteiger partial charge in [-0.3, -0.25) is 4.79 Å². The van der Waals surface area contributed by atoms with E-state index < -0.39 is 0 Å². The van der Waals surface area contributed by atoms with E-state index in [1.54, 1.807) is 42.3 Å². The molecular formula is C19H21N3O3. The fourth-order valence-corrected chi connectivity index (χ4v) is 2.84. The molecule has 2 N–H and O–H groups in total. The second-order valence-electron chi connectivity index (χ2n) is 6.11. The van der Waals surface area contributed by atoms with Crippen molar-refractivity contribution < 1.29 is 14.7 Å². The lowest BCUT2D eigenvalue weighted by Gasteiger charge is -2.19. The fraction of sp³-hybridized carbons (Fsp3) is 0.263. The van der Waals surface area contributed by atoms with Gasteiger partial charge in [0.15, 0.2) is 0 Å². The Morgan fingerprint density at radius 1 is 1.20 bits per heavy atom. The van der Waals surface area contributed by atoms with Gasteiger partial charge in [-0.2, -0.15) is 0 Å². The Balaban J connectivity index is 1.60. The molecule has 130 valence electrons. The molecule has 6 nitrogen and oxygen atoms in total. The summed E-state index contributed by atoms with van der Waals surface area (Å²) in [7, 11) is 1.67. The molecular weight excluding hydrogens is 318 g/mol. The van der Waals surface area contributed by atoms with Crippen LogP contribution in [0.4, 0.5) is 16.2 Å². The largest absolute Gasteiger partial charge is 0.508 e. The van der Waals surface area contributed by atoms with Crippen LogP contribution in [0.5, 0.6) is 5.75 Å². The number of nitrogens with one attached hydrogen (secondary N) is 1. The quantitative estimate of drug-likeness (QED) is 0.898. The third kappa shape index (κ3) is 3.91. The first-order valence-corrected chi connectivity index (χ1v) is 8.24. The van der Waals surface area contributed by atoms with Crippen molar-refractivity contribution in [1.29, 1.82) is 0 Å². The first kappa shape index (κ1) is 16.8. The van der Waals surface area contributed by atoms with Gasteiger partial charge in [0.25, 0.3) is 0 Å². The number of carbonyl (C=O) groups is 2. The van der Waals surface area contributed by atoms with Crippen LogP contribution in [0, 0.1) is 0 Å². The van der Waals surface area contributed by atoms with Crippen molar-refractivity contribution in [3.63, 3.8) is 0 Å². The number of rotatable bonds is 4. The first-order valence-electron chi connectivity index (χ1n) is 8.24. The van der Waals surface area contributed by atoms with Crippen molar-refractivity contribution in [2.24, 2.45) is 0 Å². The zero-order valence-electron chi connectivity index (χ0n) is 14.1. The van der Waals surface area contributed by atoms with E-state index in [0.29, 0.717) is 24.2 Å². The molecule has 0 atom stereocenters. The number of phenols is 1. The van der Waals surface area contributed by atoms with Gasteiger partial charge in [0, 0.05) is 37.0 Å². The smallest absolute Gasteiger partial charge is 0.321 e. The van der Waals surface area contributed by atoms with Crippen LogP contribution < -0.4 is 10.2 Å². The molecule has 6 heteroatoms. The van der Waals surface area contributed by atoms with Crippen LogP contribution >= 0.6 is 0 Å². The summed E-state index contributed by atoms with van der Waals surface area (Å²) in [4.78, 5) is 27.3. The Morgan fingerprint density at radius 2 is 1.92 bits per heavy atom. The van der Waals surface area contributed by atoms with Gasteiger partial charge in [0.05, 0.1) is 6.54 Å². The Bertz CT molecular complexity index is 774. The lowest BCUT2D eigenvalue weighted by molar-refractivity contribution is -0.117. The highest BCUT2D eigenvalue weighted by atomic mass is 16.3. The van der Waals surface area contributed by atoms with Crippen molar-refractivity contribution in [2.45, 2.75) is 19.4 Å². The van der Waals surface area contributed by atoms with Gasteiger partial charge in [0.1, 0.15) is 5.75 Å². The fourth-order valence-electron chi connectivity index (χ4n) is 2.84. The summed E-state index contributed by atoms with van der Waals surface area (Å²) in [5.74, 6) is 0.306. The van der Waals surface area contributed by atoms with Gasteiger partial charge < -0.3 is 20.2 Å². The number of urea groups is 1. The normalized spacial score (nSPS) is 13.8. The third-order valence-corrected chi connectivity index (χ3v) is 4.25. The molecule has 1 aliphatic heterocycles. The topological polar surface area (TPSA) is 72.9 Å². The van der Waals surface area contributed by atoms with Gasteiger partial charge in [-0.1, -0.05) is 18.2 Å². The molecule has 0 unspecified atom stereocenters. The molecule has 2 aromatic rings. The second kappa shape index (κ2) is 7.25. The molecule has 3 rings (SSSR count). The molecule has 0 radical (unpaired) electrons. The molecule has 25 heavy (non-hydrogen) atoms. The monoisotopic (exact) mass is 339 g/mol. The summed E-state index contributed by atoms with van der Waals surface area (Å²) >= 11 is 0. The zero-order valence-corrected chi connectivity index (χ0v) is 14.1. The number of nitrogens with zero attached hydrogens (tertiary/aromatic N) is 2. The van der Waals surface area contributed by atoms with E-state index in [-0.39, 0.29) is 17.7 Å². The van der Waals surface area contributed by atoms with E-state index in [2.05, 4.69) is 5.32 Å². The predicted molar refractivity (Wildman–Crippen MR) is 96.6 cm³/mol. The number of benzene rings is 2. The van der Waals surface area contributed by atoms with E-state index >= 15 is 0 Å². The Morgan fingerprint density at radius 3 is 2.56 bits per heavy atom. The number of hydrogen-bond donors (Lipinski definition) is 2. The molecule has 0 spiro atoms. The van der Waals surface area contributed by atoms with Gasteiger partial charge in [-0.25, -0.2) is 4.79 Å². The van der Waals surface area contributed by atoms with Crippen molar-refractivity contribution >= 4 is 23.3 Å². The highest BCUT2D eigenvalue weighted by molar-refractivity contribution is 5.96. The minimum atomic E-state index is -0.270. The minimum absolute atomic E-state index is 0.138. The van der Waals surface area contributed by atoms with Crippen LogP contribution in [0.1, 0.15) is 18.4 Å². The standard InChI is InChI=1S/C19H21N3O3/c1-21(13-14-5-2-3-6-17(14)23)19(25)20-15-8-10-16(11-9-15)22-12-4-7-18(22)24/h2-3,5-6,8-11,23H,4,7,12-13H2,1H3,(H,20,25). The molecule has 1 aliphatic rings. The van der Waals surface area contributed by atoms with Gasteiger partial charge in [-0.05, 0) is 36.8 Å². The van der Waals surface area contributed by atoms with Crippen LogP contribution in [-0.4, -0.2) is 35.5 Å². The first-order chi connectivity index (χ1) is 12.0. The number of phenolic OH excluding ortho intramolecular Hbond substituents is 1. The molecule has 1 fully saturated rings. The Hall–Kier alpha value is -3.02. The molecule has 0 aromatic heterocycles. The highest BCUT2D eigenvalue weighted by Crippen LogP contribution is 2.23. The van der Waals surface area contributed by atoms with Crippen molar-refractivity contribution in [3.05, 3.63) is 54.1 Å². The number of para-hydroxylation sites is 1. The summed E-state index contributed by atoms with van der Waals surface area (Å²) in [6, 6.07) is 13.9. The minimum Gasteiger partial charge on any atom is -0.508 e. The molecule has 0 saturated carbocycles. The number of anilines is 2. The Labute approximate surface area is 146 Å². The van der Waals surface area contributed by atoms with Crippen LogP contribution in [-0.2, 0) is 11.3 Å². The highest BCUT2D eigenvalue weighted by Gasteiger charge is 2.21. The molecule has 0 aliphatic carbocycles. The van der Waals surface area contributed by atoms with Crippen LogP contribution in [0.3, 0.4) is 0 Å². The maximum Gasteiger partial charge on any atom is 0.321 e. The predicted octanol–water partition coefficient (Wildman–Crippen LogP) is 3.18. The van der Waals surface area contributed by atoms with E-state index in [1.165, 1.54) is 4.90 Å². The van der Waals surface area contributed by atoms with Gasteiger partial charge in [-0.15, -0.1) is 0 Å². The van der Waals surface area contributed by atoms with E-state index in [4.69, 9.17) is 0 Å². The summed E-state index contributed by atoms with van der Waals surface area (Å²) < 4.78 is 0. The van der Waals surface area contributed by atoms with Crippen molar-refractivity contribution in [3.8, 4) is 5.75 Å². The maximum atomic E-state index is 12.3. The molecule has 2 aromatic carbocycles.